The number of aromatic nitrogens is 4. The van der Waals surface area contributed by atoms with Crippen LogP contribution in [-0.2, 0) is 37.2 Å². The van der Waals surface area contributed by atoms with Crippen molar-refractivity contribution in [2.75, 3.05) is 20.8 Å². The van der Waals surface area contributed by atoms with Crippen LogP contribution in [0.5, 0.6) is 0 Å². The van der Waals surface area contributed by atoms with Crippen LogP contribution in [0.25, 0.3) is 0 Å². The Labute approximate surface area is 153 Å². The van der Waals surface area contributed by atoms with Crippen molar-refractivity contribution in [1.82, 2.24) is 30.0 Å². The maximum absolute atomic E-state index is 12.4. The molecule has 2 heterocycles. The Morgan fingerprint density at radius 2 is 2.23 bits per heavy atom. The van der Waals surface area contributed by atoms with Crippen molar-refractivity contribution >= 4 is 6.03 Å². The standard InChI is InChI=1S/C18H28N6O2/c1-23(12-17-15-6-4-3-5-7-16(15)21-22-17)18(25)20-11-14-10-19-13-24(14)8-9-26-2/h10,13H,3-9,11-12H2,1-2H3,(H,20,25)(H,21,22). The molecule has 8 nitrogen and oxygen atoms in total. The summed E-state index contributed by atoms with van der Waals surface area (Å²) in [5, 5.41) is 10.6. The number of carbonyl (C=O) groups excluding carboxylic acids is 1. The molecular formula is C18H28N6O2. The first kappa shape index (κ1) is 18.4. The molecule has 0 aromatic carbocycles. The van der Waals surface area contributed by atoms with Gasteiger partial charge in [0.15, 0.2) is 0 Å². The van der Waals surface area contributed by atoms with E-state index < -0.39 is 0 Å². The molecule has 0 atom stereocenters. The van der Waals surface area contributed by atoms with E-state index in [0.29, 0.717) is 19.7 Å². The van der Waals surface area contributed by atoms with Crippen LogP contribution in [0, 0.1) is 0 Å². The Kier molecular flexibility index (Phi) is 6.27. The topological polar surface area (TPSA) is 88.1 Å². The monoisotopic (exact) mass is 360 g/mol. The van der Waals surface area contributed by atoms with Crippen LogP contribution in [0.1, 0.15) is 41.9 Å². The number of aromatic amines is 1. The van der Waals surface area contributed by atoms with Crippen molar-refractivity contribution in [2.24, 2.45) is 0 Å². The average molecular weight is 360 g/mol. The smallest absolute Gasteiger partial charge is 0.317 e. The minimum Gasteiger partial charge on any atom is -0.383 e. The van der Waals surface area contributed by atoms with Crippen LogP contribution in [0.15, 0.2) is 12.5 Å². The molecule has 26 heavy (non-hydrogen) atoms. The number of urea groups is 1. The van der Waals surface area contributed by atoms with Crippen molar-refractivity contribution in [3.05, 3.63) is 35.2 Å². The molecule has 0 saturated heterocycles. The van der Waals surface area contributed by atoms with Gasteiger partial charge in [0.25, 0.3) is 0 Å². The second-order valence-electron chi connectivity index (χ2n) is 6.77. The van der Waals surface area contributed by atoms with Crippen LogP contribution < -0.4 is 5.32 Å². The van der Waals surface area contributed by atoms with Gasteiger partial charge in [-0.1, -0.05) is 6.42 Å². The summed E-state index contributed by atoms with van der Waals surface area (Å²) in [7, 11) is 3.47. The number of nitrogens with one attached hydrogen (secondary N) is 2. The largest absolute Gasteiger partial charge is 0.383 e. The van der Waals surface area contributed by atoms with E-state index in [4.69, 9.17) is 4.74 Å². The third-order valence-electron chi connectivity index (χ3n) is 4.88. The van der Waals surface area contributed by atoms with E-state index in [0.717, 1.165) is 30.8 Å². The maximum atomic E-state index is 12.4. The highest BCUT2D eigenvalue weighted by Gasteiger charge is 2.18. The van der Waals surface area contributed by atoms with Gasteiger partial charge in [0, 0.05) is 32.6 Å². The SMILES string of the molecule is COCCn1cncc1CNC(=O)N(C)Cc1n[nH]c2c1CCCCC2. The van der Waals surface area contributed by atoms with Gasteiger partial charge in [0.1, 0.15) is 0 Å². The zero-order chi connectivity index (χ0) is 18.4. The number of hydrogen-bond donors (Lipinski definition) is 2. The number of hydrogen-bond acceptors (Lipinski definition) is 4. The van der Waals surface area contributed by atoms with Crippen LogP contribution >= 0.6 is 0 Å². The molecule has 2 amide bonds. The fourth-order valence-corrected chi connectivity index (χ4v) is 3.34. The van der Waals surface area contributed by atoms with Crippen molar-refractivity contribution in [3.8, 4) is 0 Å². The van der Waals surface area contributed by atoms with Gasteiger partial charge in [-0.3, -0.25) is 5.10 Å². The molecule has 2 aromatic rings. The summed E-state index contributed by atoms with van der Waals surface area (Å²) in [6.07, 6.45) is 9.30. The van der Waals surface area contributed by atoms with Crippen LogP contribution in [0.4, 0.5) is 4.79 Å². The summed E-state index contributed by atoms with van der Waals surface area (Å²) < 4.78 is 7.08. The minimum absolute atomic E-state index is 0.116. The number of rotatable bonds is 7. The number of methoxy groups -OCH3 is 1. The minimum atomic E-state index is -0.116. The number of ether oxygens (including phenoxy) is 1. The molecule has 2 N–H and O–H groups in total. The number of nitrogens with zero attached hydrogens (tertiary/aromatic N) is 4. The number of H-pyrrole nitrogens is 1. The van der Waals surface area contributed by atoms with Gasteiger partial charge in [0.2, 0.25) is 0 Å². The summed E-state index contributed by atoms with van der Waals surface area (Å²) in [5.41, 5.74) is 4.50. The first-order valence-corrected chi connectivity index (χ1v) is 9.21. The Morgan fingerprint density at radius 1 is 1.38 bits per heavy atom. The van der Waals surface area contributed by atoms with Gasteiger partial charge < -0.3 is 19.5 Å². The van der Waals surface area contributed by atoms with E-state index >= 15 is 0 Å². The zero-order valence-corrected chi connectivity index (χ0v) is 15.6. The Hall–Kier alpha value is -2.35. The van der Waals surface area contributed by atoms with Gasteiger partial charge in [-0.05, 0) is 31.2 Å². The fraction of sp³-hybridized carbons (Fsp3) is 0.611. The third kappa shape index (κ3) is 4.43. The molecule has 0 aliphatic heterocycles. The predicted molar refractivity (Wildman–Crippen MR) is 97.7 cm³/mol. The molecule has 2 aromatic heterocycles. The first-order valence-electron chi connectivity index (χ1n) is 9.21. The molecule has 0 spiro atoms. The molecule has 0 saturated carbocycles. The van der Waals surface area contributed by atoms with E-state index in [-0.39, 0.29) is 6.03 Å². The number of fused-ring (bicyclic) bond motifs is 1. The lowest BCUT2D eigenvalue weighted by molar-refractivity contribution is 0.186. The molecule has 1 aliphatic rings. The molecule has 3 rings (SSSR count). The predicted octanol–water partition coefficient (Wildman–Crippen LogP) is 1.86. The molecular weight excluding hydrogens is 332 g/mol. The zero-order valence-electron chi connectivity index (χ0n) is 15.6. The summed E-state index contributed by atoms with van der Waals surface area (Å²) in [6.45, 7) is 2.28. The Balaban J connectivity index is 1.54. The van der Waals surface area contributed by atoms with E-state index in [1.165, 1.54) is 30.5 Å². The van der Waals surface area contributed by atoms with Crippen LogP contribution in [0.2, 0.25) is 0 Å². The van der Waals surface area contributed by atoms with Gasteiger partial charge in [-0.25, -0.2) is 9.78 Å². The Bertz CT molecular complexity index is 723. The maximum Gasteiger partial charge on any atom is 0.317 e. The van der Waals surface area contributed by atoms with Gasteiger partial charge in [-0.2, -0.15) is 5.10 Å². The van der Waals surface area contributed by atoms with E-state index in [1.807, 2.05) is 4.57 Å². The average Bonchev–Trinajstić information content (AvgIpc) is 3.17. The van der Waals surface area contributed by atoms with Gasteiger partial charge in [-0.15, -0.1) is 0 Å². The van der Waals surface area contributed by atoms with Crippen LogP contribution in [-0.4, -0.2) is 51.4 Å². The van der Waals surface area contributed by atoms with Crippen LogP contribution in [0.3, 0.4) is 0 Å². The van der Waals surface area contributed by atoms with Crippen molar-refractivity contribution in [1.29, 1.82) is 0 Å². The number of aryl methyl sites for hydroxylation is 1. The lowest BCUT2D eigenvalue weighted by Crippen LogP contribution is -2.37. The number of carbonyl (C=O) groups is 1. The Morgan fingerprint density at radius 3 is 3.08 bits per heavy atom. The number of amides is 2. The molecule has 0 bridgehead atoms. The van der Waals surface area contributed by atoms with Crippen molar-refractivity contribution < 1.29 is 9.53 Å². The first-order chi connectivity index (χ1) is 12.7. The quantitative estimate of drug-likeness (QED) is 0.738. The van der Waals surface area contributed by atoms with E-state index in [9.17, 15) is 4.79 Å². The number of imidazole rings is 1. The fourth-order valence-electron chi connectivity index (χ4n) is 3.34. The van der Waals surface area contributed by atoms with Crippen molar-refractivity contribution in [2.45, 2.75) is 51.7 Å². The summed E-state index contributed by atoms with van der Waals surface area (Å²) in [5.74, 6) is 0. The molecule has 0 fully saturated rings. The molecule has 142 valence electrons. The summed E-state index contributed by atoms with van der Waals surface area (Å²) in [4.78, 5) is 18.3. The van der Waals surface area contributed by atoms with Gasteiger partial charge >= 0.3 is 6.03 Å². The van der Waals surface area contributed by atoms with Crippen molar-refractivity contribution in [3.63, 3.8) is 0 Å². The summed E-state index contributed by atoms with van der Waals surface area (Å²) in [6, 6.07) is -0.116. The molecule has 0 radical (unpaired) electrons. The van der Waals surface area contributed by atoms with E-state index in [1.54, 1.807) is 31.6 Å². The highest BCUT2D eigenvalue weighted by atomic mass is 16.5. The second kappa shape index (κ2) is 8.84. The lowest BCUT2D eigenvalue weighted by Gasteiger charge is -2.18. The molecule has 0 unspecified atom stereocenters. The molecule has 1 aliphatic carbocycles. The highest BCUT2D eigenvalue weighted by Crippen LogP contribution is 2.22. The summed E-state index contributed by atoms with van der Waals surface area (Å²) >= 11 is 0. The molecule has 8 heteroatoms. The van der Waals surface area contributed by atoms with E-state index in [2.05, 4.69) is 20.5 Å². The normalized spacial score (nSPS) is 13.9. The lowest BCUT2D eigenvalue weighted by atomic mass is 10.1. The van der Waals surface area contributed by atoms with Gasteiger partial charge in [0.05, 0.1) is 37.4 Å². The highest BCUT2D eigenvalue weighted by molar-refractivity contribution is 5.73. The second-order valence-corrected chi connectivity index (χ2v) is 6.77. The third-order valence-corrected chi connectivity index (χ3v) is 4.88.